The Morgan fingerprint density at radius 3 is 2.83 bits per heavy atom. The summed E-state index contributed by atoms with van der Waals surface area (Å²) in [4.78, 5) is 13.4. The summed E-state index contributed by atoms with van der Waals surface area (Å²) in [7, 11) is 1.62. The first-order valence-electron chi connectivity index (χ1n) is 7.61. The summed E-state index contributed by atoms with van der Waals surface area (Å²) >= 11 is 0. The van der Waals surface area contributed by atoms with Crippen LogP contribution in [0, 0.1) is 0 Å². The number of hydrogen-bond acceptors (Lipinski definition) is 5. The predicted molar refractivity (Wildman–Crippen MR) is 84.2 cm³/mol. The summed E-state index contributed by atoms with van der Waals surface area (Å²) in [5, 5.41) is 13.5. The molecule has 2 heterocycles. The molecule has 0 bridgehead atoms. The second kappa shape index (κ2) is 6.04. The molecule has 0 amide bonds. The van der Waals surface area contributed by atoms with Crippen LogP contribution < -0.4 is 4.74 Å². The number of nitrogens with zero attached hydrogens (tertiary/aromatic N) is 2. The van der Waals surface area contributed by atoms with E-state index in [0.29, 0.717) is 18.7 Å². The fraction of sp³-hybridized carbons (Fsp3) is 0.412. The van der Waals surface area contributed by atoms with Gasteiger partial charge in [-0.3, -0.25) is 9.69 Å². The van der Waals surface area contributed by atoms with E-state index < -0.39 is 11.5 Å². The van der Waals surface area contributed by atoms with Gasteiger partial charge in [-0.1, -0.05) is 5.16 Å². The number of hydrogen-bond donors (Lipinski definition) is 1. The molecule has 6 heteroatoms. The van der Waals surface area contributed by atoms with Gasteiger partial charge in [-0.2, -0.15) is 0 Å². The van der Waals surface area contributed by atoms with Crippen LogP contribution in [0.25, 0.3) is 11.3 Å². The van der Waals surface area contributed by atoms with Crippen LogP contribution in [-0.4, -0.2) is 40.3 Å². The third-order valence-electron chi connectivity index (χ3n) is 4.54. The number of methoxy groups -OCH3 is 1. The van der Waals surface area contributed by atoms with Crippen LogP contribution in [-0.2, 0) is 11.3 Å². The molecular formula is C17H20N2O4. The Labute approximate surface area is 134 Å². The van der Waals surface area contributed by atoms with Gasteiger partial charge in [0.05, 0.1) is 13.7 Å². The monoisotopic (exact) mass is 316 g/mol. The molecule has 1 aliphatic rings. The van der Waals surface area contributed by atoms with Crippen molar-refractivity contribution in [2.45, 2.75) is 31.8 Å². The normalized spacial score (nSPS) is 21.5. The van der Waals surface area contributed by atoms with Crippen molar-refractivity contribution in [1.82, 2.24) is 10.1 Å². The van der Waals surface area contributed by atoms with Crippen LogP contribution in [0.5, 0.6) is 5.75 Å². The summed E-state index contributed by atoms with van der Waals surface area (Å²) in [6.45, 7) is 2.97. The first-order chi connectivity index (χ1) is 11.0. The van der Waals surface area contributed by atoms with E-state index in [0.717, 1.165) is 30.0 Å². The Bertz CT molecular complexity index is 695. The quantitative estimate of drug-likeness (QED) is 0.914. The zero-order valence-electron chi connectivity index (χ0n) is 13.3. The Morgan fingerprint density at radius 2 is 2.17 bits per heavy atom. The lowest BCUT2D eigenvalue weighted by molar-refractivity contribution is -0.149. The molecule has 1 aliphatic heterocycles. The van der Waals surface area contributed by atoms with Crippen molar-refractivity contribution in [2.75, 3.05) is 13.7 Å². The first-order valence-corrected chi connectivity index (χ1v) is 7.61. The van der Waals surface area contributed by atoms with Crippen molar-refractivity contribution in [3.8, 4) is 17.0 Å². The largest absolute Gasteiger partial charge is 0.497 e. The van der Waals surface area contributed by atoms with Crippen LogP contribution in [0.4, 0.5) is 0 Å². The van der Waals surface area contributed by atoms with Gasteiger partial charge in [0, 0.05) is 11.6 Å². The van der Waals surface area contributed by atoms with Gasteiger partial charge in [0.2, 0.25) is 0 Å². The molecule has 3 rings (SSSR count). The minimum atomic E-state index is -0.826. The van der Waals surface area contributed by atoms with Crippen molar-refractivity contribution in [1.29, 1.82) is 0 Å². The number of carbonyl (C=O) groups is 1. The average Bonchev–Trinajstić information content (AvgIpc) is 3.16. The van der Waals surface area contributed by atoms with Crippen molar-refractivity contribution >= 4 is 5.97 Å². The molecule has 1 saturated heterocycles. The lowest BCUT2D eigenvalue weighted by Crippen LogP contribution is -2.47. The van der Waals surface area contributed by atoms with Crippen LogP contribution in [0.3, 0.4) is 0 Å². The predicted octanol–water partition coefficient (Wildman–Crippen LogP) is 2.79. The molecule has 2 aromatic rings. The van der Waals surface area contributed by atoms with E-state index in [9.17, 15) is 9.90 Å². The van der Waals surface area contributed by atoms with Crippen molar-refractivity contribution in [2.24, 2.45) is 0 Å². The lowest BCUT2D eigenvalue weighted by Gasteiger charge is -2.29. The van der Waals surface area contributed by atoms with E-state index in [2.05, 4.69) is 5.16 Å². The van der Waals surface area contributed by atoms with Gasteiger partial charge in [-0.25, -0.2) is 0 Å². The highest BCUT2D eigenvalue weighted by Gasteiger charge is 2.43. The van der Waals surface area contributed by atoms with Crippen LogP contribution in [0.1, 0.15) is 25.5 Å². The summed E-state index contributed by atoms with van der Waals surface area (Å²) < 4.78 is 10.5. The topological polar surface area (TPSA) is 75.8 Å². The number of aliphatic carboxylic acids is 1. The molecule has 1 aromatic heterocycles. The van der Waals surface area contributed by atoms with Gasteiger partial charge in [0.1, 0.15) is 17.0 Å². The highest BCUT2D eigenvalue weighted by atomic mass is 16.5. The fourth-order valence-electron chi connectivity index (χ4n) is 2.99. The zero-order valence-corrected chi connectivity index (χ0v) is 13.3. The minimum absolute atomic E-state index is 0.450. The fourth-order valence-corrected chi connectivity index (χ4v) is 2.99. The van der Waals surface area contributed by atoms with Gasteiger partial charge in [0.25, 0.3) is 0 Å². The molecule has 0 aliphatic carbocycles. The lowest BCUT2D eigenvalue weighted by atomic mass is 9.99. The van der Waals surface area contributed by atoms with Crippen molar-refractivity contribution < 1.29 is 19.2 Å². The summed E-state index contributed by atoms with van der Waals surface area (Å²) in [6, 6.07) is 9.43. The maximum atomic E-state index is 11.5. The second-order valence-electron chi connectivity index (χ2n) is 6.01. The maximum Gasteiger partial charge on any atom is 0.323 e. The highest BCUT2D eigenvalue weighted by Crippen LogP contribution is 2.31. The van der Waals surface area contributed by atoms with Crippen molar-refractivity contribution in [3.63, 3.8) is 0 Å². The van der Waals surface area contributed by atoms with E-state index in [-0.39, 0.29) is 0 Å². The molecule has 6 nitrogen and oxygen atoms in total. The molecule has 0 saturated carbocycles. The van der Waals surface area contributed by atoms with E-state index in [1.807, 2.05) is 35.2 Å². The number of ether oxygens (including phenoxy) is 1. The summed E-state index contributed by atoms with van der Waals surface area (Å²) in [5.74, 6) is 0.668. The average molecular weight is 316 g/mol. The molecule has 1 fully saturated rings. The van der Waals surface area contributed by atoms with Crippen LogP contribution >= 0.6 is 0 Å². The molecule has 0 spiro atoms. The third kappa shape index (κ3) is 2.94. The number of carboxylic acids is 1. The molecule has 23 heavy (non-hydrogen) atoms. The van der Waals surface area contributed by atoms with Gasteiger partial charge in [0.15, 0.2) is 5.76 Å². The van der Waals surface area contributed by atoms with Crippen molar-refractivity contribution in [3.05, 3.63) is 36.1 Å². The number of rotatable bonds is 5. The molecular weight excluding hydrogens is 296 g/mol. The highest BCUT2D eigenvalue weighted by molar-refractivity contribution is 5.78. The Hall–Kier alpha value is -2.34. The molecule has 1 aromatic carbocycles. The van der Waals surface area contributed by atoms with Gasteiger partial charge >= 0.3 is 5.97 Å². The third-order valence-corrected chi connectivity index (χ3v) is 4.54. The molecule has 1 atom stereocenters. The first kappa shape index (κ1) is 15.6. The molecule has 122 valence electrons. The Morgan fingerprint density at radius 1 is 1.43 bits per heavy atom. The summed E-state index contributed by atoms with van der Waals surface area (Å²) in [6.07, 6.45) is 1.53. The molecule has 1 unspecified atom stereocenters. The Kier molecular flexibility index (Phi) is 4.09. The SMILES string of the molecule is COc1ccc(-c2cc(CN3CCCC3(C)C(=O)O)on2)cc1. The van der Waals surface area contributed by atoms with Gasteiger partial charge < -0.3 is 14.4 Å². The van der Waals surface area contributed by atoms with E-state index >= 15 is 0 Å². The van der Waals surface area contributed by atoms with E-state index in [1.165, 1.54) is 0 Å². The smallest absolute Gasteiger partial charge is 0.323 e. The van der Waals surface area contributed by atoms with E-state index in [1.54, 1.807) is 14.0 Å². The number of likely N-dealkylation sites (tertiary alicyclic amines) is 1. The number of carboxylic acid groups (broad SMARTS) is 1. The maximum absolute atomic E-state index is 11.5. The molecule has 0 radical (unpaired) electrons. The minimum Gasteiger partial charge on any atom is -0.497 e. The van der Waals surface area contributed by atoms with Gasteiger partial charge in [-0.15, -0.1) is 0 Å². The Balaban J connectivity index is 1.75. The standard InChI is InChI=1S/C17H20N2O4/c1-17(16(20)21)8-3-9-19(17)11-14-10-15(18-23-14)12-4-6-13(22-2)7-5-12/h4-7,10H,3,8-9,11H2,1-2H3,(H,20,21). The van der Waals surface area contributed by atoms with Crippen LogP contribution in [0.2, 0.25) is 0 Å². The van der Waals surface area contributed by atoms with E-state index in [4.69, 9.17) is 9.26 Å². The number of aromatic nitrogens is 1. The summed E-state index contributed by atoms with van der Waals surface area (Å²) in [5.41, 5.74) is 0.842. The number of benzene rings is 1. The second-order valence-corrected chi connectivity index (χ2v) is 6.01. The van der Waals surface area contributed by atoms with Gasteiger partial charge in [-0.05, 0) is 50.6 Å². The van der Waals surface area contributed by atoms with Crippen LogP contribution in [0.15, 0.2) is 34.9 Å². The molecule has 1 N–H and O–H groups in total. The zero-order chi connectivity index (χ0) is 16.4.